The molecule has 10 heteroatoms. The topological polar surface area (TPSA) is 103 Å². The van der Waals surface area contributed by atoms with Gasteiger partial charge in [0, 0.05) is 50.5 Å². The summed E-state index contributed by atoms with van der Waals surface area (Å²) in [5.74, 6) is -0.720. The first-order valence-electron chi connectivity index (χ1n) is 9.72. The molecule has 0 aromatic heterocycles. The van der Waals surface area contributed by atoms with E-state index < -0.39 is 6.04 Å². The molecule has 0 bridgehead atoms. The first-order chi connectivity index (χ1) is 14.0. The van der Waals surface area contributed by atoms with Gasteiger partial charge in [0.05, 0.1) is 6.54 Å². The highest BCUT2D eigenvalue weighted by Crippen LogP contribution is 2.18. The van der Waals surface area contributed by atoms with Crippen molar-refractivity contribution in [1.29, 1.82) is 0 Å². The van der Waals surface area contributed by atoms with Crippen LogP contribution in [-0.2, 0) is 19.3 Å². The van der Waals surface area contributed by atoms with E-state index in [1.165, 1.54) is 0 Å². The molecule has 0 spiro atoms. The SMILES string of the molecule is O=C1CCC(Nc2cccc(NC(=O)CN3CCN(CCOF)CC3)c2)C(=O)N1. The molecule has 2 fully saturated rings. The molecule has 2 heterocycles. The molecule has 0 aliphatic carbocycles. The van der Waals surface area contributed by atoms with Crippen molar-refractivity contribution in [1.82, 2.24) is 15.1 Å². The molecule has 2 aliphatic heterocycles. The van der Waals surface area contributed by atoms with Crippen LogP contribution in [-0.4, -0.2) is 79.4 Å². The number of halogens is 1. The first-order valence-corrected chi connectivity index (χ1v) is 9.72. The zero-order valence-corrected chi connectivity index (χ0v) is 16.2. The minimum absolute atomic E-state index is 0.0592. The monoisotopic (exact) mass is 407 g/mol. The number of piperidine rings is 1. The maximum Gasteiger partial charge on any atom is 0.249 e. The van der Waals surface area contributed by atoms with E-state index in [-0.39, 0.29) is 30.9 Å². The van der Waals surface area contributed by atoms with Crippen molar-refractivity contribution in [3.05, 3.63) is 24.3 Å². The van der Waals surface area contributed by atoms with Crippen molar-refractivity contribution in [2.45, 2.75) is 18.9 Å². The third kappa shape index (κ3) is 6.48. The highest BCUT2D eigenvalue weighted by atomic mass is 19.3. The lowest BCUT2D eigenvalue weighted by Gasteiger charge is -2.33. The summed E-state index contributed by atoms with van der Waals surface area (Å²) in [6, 6.07) is 6.66. The molecule has 9 nitrogen and oxygen atoms in total. The molecule has 1 aromatic carbocycles. The van der Waals surface area contributed by atoms with Gasteiger partial charge in [-0.2, -0.15) is 4.94 Å². The van der Waals surface area contributed by atoms with Crippen LogP contribution in [0.2, 0.25) is 0 Å². The number of hydrogen-bond acceptors (Lipinski definition) is 7. The average Bonchev–Trinajstić information content (AvgIpc) is 2.70. The molecular weight excluding hydrogens is 381 g/mol. The number of imide groups is 1. The summed E-state index contributed by atoms with van der Waals surface area (Å²) < 4.78 is 11.8. The number of piperazine rings is 1. The Hall–Kier alpha value is -2.56. The summed E-state index contributed by atoms with van der Waals surface area (Å²) in [4.78, 5) is 43.2. The zero-order chi connectivity index (χ0) is 20.6. The molecule has 3 rings (SSSR count). The Bertz CT molecular complexity index is 739. The summed E-state index contributed by atoms with van der Waals surface area (Å²) in [5, 5.41) is 8.28. The smallest absolute Gasteiger partial charge is 0.249 e. The molecule has 3 N–H and O–H groups in total. The Morgan fingerprint density at radius 1 is 1.17 bits per heavy atom. The highest BCUT2D eigenvalue weighted by molar-refractivity contribution is 6.01. The van der Waals surface area contributed by atoms with Crippen LogP contribution in [0.4, 0.5) is 15.9 Å². The maximum absolute atomic E-state index is 12.4. The summed E-state index contributed by atoms with van der Waals surface area (Å²) >= 11 is 0. The summed E-state index contributed by atoms with van der Waals surface area (Å²) in [5.41, 5.74) is 1.33. The zero-order valence-electron chi connectivity index (χ0n) is 16.2. The fraction of sp³-hybridized carbons (Fsp3) is 0.526. The molecule has 2 aliphatic rings. The van der Waals surface area contributed by atoms with Crippen molar-refractivity contribution in [3.8, 4) is 0 Å². The summed E-state index contributed by atoms with van der Waals surface area (Å²) in [6.07, 6.45) is 0.735. The van der Waals surface area contributed by atoms with Gasteiger partial charge < -0.3 is 10.6 Å². The largest absolute Gasteiger partial charge is 0.374 e. The van der Waals surface area contributed by atoms with E-state index in [4.69, 9.17) is 0 Å². The van der Waals surface area contributed by atoms with Gasteiger partial charge in [-0.1, -0.05) is 6.07 Å². The van der Waals surface area contributed by atoms with E-state index in [2.05, 4.69) is 25.8 Å². The molecule has 158 valence electrons. The van der Waals surface area contributed by atoms with Crippen LogP contribution >= 0.6 is 0 Å². The van der Waals surface area contributed by atoms with Crippen molar-refractivity contribution in [2.24, 2.45) is 0 Å². The van der Waals surface area contributed by atoms with Gasteiger partial charge in [0.15, 0.2) is 0 Å². The normalized spacial score (nSPS) is 20.9. The molecule has 2 saturated heterocycles. The lowest BCUT2D eigenvalue weighted by atomic mass is 10.1. The van der Waals surface area contributed by atoms with Crippen LogP contribution in [0.15, 0.2) is 24.3 Å². The lowest BCUT2D eigenvalue weighted by molar-refractivity contribution is -0.137. The number of hydrogen-bond donors (Lipinski definition) is 3. The predicted molar refractivity (Wildman–Crippen MR) is 105 cm³/mol. The van der Waals surface area contributed by atoms with E-state index in [1.807, 2.05) is 4.90 Å². The number of nitrogens with zero attached hydrogens (tertiary/aromatic N) is 2. The number of carbonyl (C=O) groups is 3. The van der Waals surface area contributed by atoms with Crippen molar-refractivity contribution in [2.75, 3.05) is 56.5 Å². The second-order valence-corrected chi connectivity index (χ2v) is 7.21. The molecule has 0 radical (unpaired) electrons. The molecule has 0 saturated carbocycles. The number of nitrogens with one attached hydrogen (secondary N) is 3. The highest BCUT2D eigenvalue weighted by Gasteiger charge is 2.26. The van der Waals surface area contributed by atoms with E-state index in [9.17, 15) is 18.9 Å². The summed E-state index contributed by atoms with van der Waals surface area (Å²) in [6.45, 7) is 3.88. The Balaban J connectivity index is 1.45. The van der Waals surface area contributed by atoms with E-state index in [0.29, 0.717) is 30.8 Å². The van der Waals surface area contributed by atoms with Crippen LogP contribution in [0.5, 0.6) is 0 Å². The van der Waals surface area contributed by atoms with Crippen LogP contribution < -0.4 is 16.0 Å². The molecule has 1 unspecified atom stereocenters. The van der Waals surface area contributed by atoms with E-state index >= 15 is 0 Å². The van der Waals surface area contributed by atoms with Gasteiger partial charge in [-0.25, -0.2) is 0 Å². The Morgan fingerprint density at radius 3 is 2.62 bits per heavy atom. The average molecular weight is 407 g/mol. The van der Waals surface area contributed by atoms with Crippen LogP contribution in [0, 0.1) is 0 Å². The van der Waals surface area contributed by atoms with Crippen molar-refractivity contribution < 1.29 is 23.9 Å². The van der Waals surface area contributed by atoms with Gasteiger partial charge in [0.25, 0.3) is 0 Å². The Labute approximate surface area is 168 Å². The standard InChI is InChI=1S/C19H26FN5O4/c20-29-11-10-24-6-8-25(9-7-24)13-18(27)22-15-3-1-2-14(12-15)21-16-4-5-17(26)23-19(16)28/h1-3,12,16,21H,4-11,13H2,(H,22,27)(H,23,26,28). The third-order valence-electron chi connectivity index (χ3n) is 5.04. The van der Waals surface area contributed by atoms with Crippen LogP contribution in [0.1, 0.15) is 12.8 Å². The van der Waals surface area contributed by atoms with Gasteiger partial charge in [0.1, 0.15) is 12.6 Å². The fourth-order valence-electron chi connectivity index (χ4n) is 3.46. The van der Waals surface area contributed by atoms with Crippen LogP contribution in [0.25, 0.3) is 0 Å². The van der Waals surface area contributed by atoms with Gasteiger partial charge in [0.2, 0.25) is 17.7 Å². The molecule has 1 aromatic rings. The van der Waals surface area contributed by atoms with Gasteiger partial charge in [-0.15, -0.1) is 0 Å². The van der Waals surface area contributed by atoms with Crippen LogP contribution in [0.3, 0.4) is 0 Å². The van der Waals surface area contributed by atoms with Crippen molar-refractivity contribution in [3.63, 3.8) is 0 Å². The molecule has 1 atom stereocenters. The maximum atomic E-state index is 12.4. The van der Waals surface area contributed by atoms with Crippen molar-refractivity contribution >= 4 is 29.1 Å². The number of rotatable bonds is 8. The second kappa shape index (κ2) is 10.3. The molecule has 3 amide bonds. The van der Waals surface area contributed by atoms with E-state index in [1.54, 1.807) is 24.3 Å². The number of carbonyl (C=O) groups excluding carboxylic acids is 3. The molecule has 29 heavy (non-hydrogen) atoms. The number of benzene rings is 1. The fourth-order valence-corrected chi connectivity index (χ4v) is 3.46. The summed E-state index contributed by atoms with van der Waals surface area (Å²) in [7, 11) is 0. The number of anilines is 2. The minimum Gasteiger partial charge on any atom is -0.374 e. The molecular formula is C19H26FN5O4. The lowest BCUT2D eigenvalue weighted by Crippen LogP contribution is -2.49. The Morgan fingerprint density at radius 2 is 1.90 bits per heavy atom. The van der Waals surface area contributed by atoms with Gasteiger partial charge in [-0.05, 0) is 29.1 Å². The van der Waals surface area contributed by atoms with Gasteiger partial charge in [-0.3, -0.25) is 29.5 Å². The Kier molecular flexibility index (Phi) is 7.50. The third-order valence-corrected chi connectivity index (χ3v) is 5.04. The predicted octanol–water partition coefficient (Wildman–Crippen LogP) is 0.361. The second-order valence-electron chi connectivity index (χ2n) is 7.21. The van der Waals surface area contributed by atoms with E-state index in [0.717, 1.165) is 26.2 Å². The van der Waals surface area contributed by atoms with Gasteiger partial charge >= 0.3 is 0 Å². The minimum atomic E-state index is -0.474. The quantitative estimate of drug-likeness (QED) is 0.535. The first kappa shape index (κ1) is 21.2. The number of amides is 3.